The van der Waals surface area contributed by atoms with Gasteiger partial charge < -0.3 is 10.1 Å². The van der Waals surface area contributed by atoms with Crippen LogP contribution in [-0.2, 0) is 26.1 Å². The minimum absolute atomic E-state index is 0.0216. The van der Waals surface area contributed by atoms with E-state index in [0.717, 1.165) is 5.56 Å². The van der Waals surface area contributed by atoms with Crippen molar-refractivity contribution in [2.24, 2.45) is 0 Å². The van der Waals surface area contributed by atoms with Gasteiger partial charge in [0.1, 0.15) is 0 Å². The van der Waals surface area contributed by atoms with E-state index in [9.17, 15) is 18.0 Å². The molecule has 2 N–H and O–H groups in total. The molecule has 0 radical (unpaired) electrons. The Morgan fingerprint density at radius 1 is 1.17 bits per heavy atom. The predicted molar refractivity (Wildman–Crippen MR) is 110 cm³/mol. The SMILES string of the molecule is C=CCNC(=O)[C@@H](C)OC(=O)c1ccc(C)c(S(=O)(=O)NCc2ccccc2)c1. The highest BCUT2D eigenvalue weighted by Crippen LogP contribution is 2.18. The fourth-order valence-electron chi connectivity index (χ4n) is 2.47. The van der Waals surface area contributed by atoms with Crippen LogP contribution in [0.15, 0.2) is 66.1 Å². The number of rotatable bonds is 9. The molecule has 0 unspecified atom stereocenters. The Morgan fingerprint density at radius 2 is 1.86 bits per heavy atom. The molecule has 0 aliphatic rings. The number of esters is 1. The minimum atomic E-state index is -3.85. The number of ether oxygens (including phenoxy) is 1. The van der Waals surface area contributed by atoms with E-state index in [1.807, 2.05) is 30.3 Å². The van der Waals surface area contributed by atoms with E-state index in [2.05, 4.69) is 16.6 Å². The third kappa shape index (κ3) is 6.27. The van der Waals surface area contributed by atoms with E-state index in [0.29, 0.717) is 5.56 Å². The molecule has 0 saturated heterocycles. The number of hydrogen-bond acceptors (Lipinski definition) is 5. The number of hydrogen-bond donors (Lipinski definition) is 2. The van der Waals surface area contributed by atoms with Gasteiger partial charge in [0.25, 0.3) is 5.91 Å². The van der Waals surface area contributed by atoms with Crippen molar-refractivity contribution in [3.8, 4) is 0 Å². The highest BCUT2D eigenvalue weighted by atomic mass is 32.2. The third-order valence-electron chi connectivity index (χ3n) is 4.10. The van der Waals surface area contributed by atoms with Crippen LogP contribution in [0, 0.1) is 6.92 Å². The number of amides is 1. The average Bonchev–Trinajstić information content (AvgIpc) is 2.71. The molecule has 0 heterocycles. The summed E-state index contributed by atoms with van der Waals surface area (Å²) in [5.41, 5.74) is 1.33. The standard InChI is InChI=1S/C21H24N2O5S/c1-4-12-22-20(24)16(3)28-21(25)18-11-10-15(2)19(13-18)29(26,27)23-14-17-8-6-5-7-9-17/h4-11,13,16,23H,1,12,14H2,2-3H3,(H,22,24)/t16-/m1/s1. The second kappa shape index (κ2) is 9.99. The van der Waals surface area contributed by atoms with Gasteiger partial charge in [-0.3, -0.25) is 4.79 Å². The molecule has 2 aromatic carbocycles. The van der Waals surface area contributed by atoms with E-state index < -0.39 is 28.0 Å². The molecule has 7 nitrogen and oxygen atoms in total. The van der Waals surface area contributed by atoms with Gasteiger partial charge in [0.05, 0.1) is 10.5 Å². The first-order valence-corrected chi connectivity index (χ1v) is 10.5. The molecular formula is C21H24N2O5S. The van der Waals surface area contributed by atoms with Crippen LogP contribution >= 0.6 is 0 Å². The molecule has 2 aromatic rings. The van der Waals surface area contributed by atoms with Crippen LogP contribution in [-0.4, -0.2) is 32.9 Å². The van der Waals surface area contributed by atoms with Crippen molar-refractivity contribution < 1.29 is 22.7 Å². The first-order valence-electron chi connectivity index (χ1n) is 8.98. The van der Waals surface area contributed by atoms with Gasteiger partial charge in [-0.1, -0.05) is 42.5 Å². The predicted octanol–water partition coefficient (Wildman–Crippen LogP) is 2.32. The molecule has 0 fully saturated rings. The average molecular weight is 416 g/mol. The summed E-state index contributed by atoms with van der Waals surface area (Å²) < 4.78 is 33.1. The van der Waals surface area contributed by atoms with Crippen molar-refractivity contribution in [1.82, 2.24) is 10.0 Å². The Bertz CT molecular complexity index is 987. The van der Waals surface area contributed by atoms with Gasteiger partial charge in [-0.25, -0.2) is 17.9 Å². The maximum atomic E-state index is 12.7. The zero-order chi connectivity index (χ0) is 21.4. The maximum absolute atomic E-state index is 12.7. The minimum Gasteiger partial charge on any atom is -0.449 e. The van der Waals surface area contributed by atoms with Crippen molar-refractivity contribution in [2.45, 2.75) is 31.4 Å². The van der Waals surface area contributed by atoms with E-state index in [1.54, 1.807) is 6.92 Å². The summed E-state index contributed by atoms with van der Waals surface area (Å²) in [6.07, 6.45) is 0.478. The lowest BCUT2D eigenvalue weighted by Gasteiger charge is -2.14. The van der Waals surface area contributed by atoms with Crippen LogP contribution in [0.4, 0.5) is 0 Å². The lowest BCUT2D eigenvalue weighted by Crippen LogP contribution is -2.35. The molecule has 2 rings (SSSR count). The Kier molecular flexibility index (Phi) is 7.69. The van der Waals surface area contributed by atoms with Crippen molar-refractivity contribution in [2.75, 3.05) is 6.54 Å². The first-order chi connectivity index (χ1) is 13.7. The summed E-state index contributed by atoms with van der Waals surface area (Å²) in [6, 6.07) is 13.3. The monoisotopic (exact) mass is 416 g/mol. The summed E-state index contributed by atoms with van der Waals surface area (Å²) in [5, 5.41) is 2.53. The molecule has 8 heteroatoms. The van der Waals surface area contributed by atoms with E-state index >= 15 is 0 Å². The van der Waals surface area contributed by atoms with Crippen molar-refractivity contribution in [1.29, 1.82) is 0 Å². The van der Waals surface area contributed by atoms with Crippen molar-refractivity contribution >= 4 is 21.9 Å². The molecule has 154 valence electrons. The van der Waals surface area contributed by atoms with Gasteiger partial charge in [0, 0.05) is 13.1 Å². The molecule has 1 atom stereocenters. The lowest BCUT2D eigenvalue weighted by atomic mass is 10.1. The van der Waals surface area contributed by atoms with E-state index in [-0.39, 0.29) is 23.5 Å². The van der Waals surface area contributed by atoms with E-state index in [1.165, 1.54) is 31.2 Å². The van der Waals surface area contributed by atoms with E-state index in [4.69, 9.17) is 4.74 Å². The first kappa shape index (κ1) is 22.3. The van der Waals surface area contributed by atoms with Gasteiger partial charge in [0.2, 0.25) is 10.0 Å². The Labute approximate surface area is 170 Å². The van der Waals surface area contributed by atoms with Gasteiger partial charge in [0.15, 0.2) is 6.10 Å². The number of sulfonamides is 1. The quantitative estimate of drug-likeness (QED) is 0.483. The van der Waals surface area contributed by atoms with Crippen LogP contribution in [0.25, 0.3) is 0 Å². The maximum Gasteiger partial charge on any atom is 0.338 e. The Morgan fingerprint density at radius 3 is 2.52 bits per heavy atom. The van der Waals surface area contributed by atoms with Gasteiger partial charge in [-0.15, -0.1) is 6.58 Å². The Hall–Kier alpha value is -2.97. The molecule has 0 aliphatic carbocycles. The van der Waals surface area contributed by atoms with Crippen molar-refractivity contribution in [3.05, 3.63) is 77.9 Å². The molecule has 0 saturated carbocycles. The van der Waals surface area contributed by atoms with Crippen molar-refractivity contribution in [3.63, 3.8) is 0 Å². The summed E-state index contributed by atoms with van der Waals surface area (Å²) in [6.45, 7) is 6.93. The molecule has 0 aliphatic heterocycles. The highest BCUT2D eigenvalue weighted by Gasteiger charge is 2.22. The third-order valence-corrected chi connectivity index (χ3v) is 5.64. The van der Waals surface area contributed by atoms with Crippen LogP contribution < -0.4 is 10.0 Å². The normalized spacial score (nSPS) is 12.1. The summed E-state index contributed by atoms with van der Waals surface area (Å²) in [5.74, 6) is -1.26. The molecule has 0 aromatic heterocycles. The number of nitrogens with one attached hydrogen (secondary N) is 2. The zero-order valence-corrected chi connectivity index (χ0v) is 17.2. The van der Waals surface area contributed by atoms with Gasteiger partial charge >= 0.3 is 5.97 Å². The second-order valence-corrected chi connectivity index (χ2v) is 8.11. The molecular weight excluding hydrogens is 392 g/mol. The van der Waals surface area contributed by atoms with Crippen LogP contribution in [0.2, 0.25) is 0 Å². The highest BCUT2D eigenvalue weighted by molar-refractivity contribution is 7.89. The van der Waals surface area contributed by atoms with Crippen LogP contribution in [0.3, 0.4) is 0 Å². The summed E-state index contributed by atoms with van der Waals surface area (Å²) in [7, 11) is -3.85. The molecule has 0 bridgehead atoms. The summed E-state index contributed by atoms with van der Waals surface area (Å²) >= 11 is 0. The number of carbonyl (C=O) groups is 2. The molecule has 0 spiro atoms. The number of aryl methyl sites for hydroxylation is 1. The largest absolute Gasteiger partial charge is 0.449 e. The van der Waals surface area contributed by atoms with Gasteiger partial charge in [-0.05, 0) is 37.1 Å². The summed E-state index contributed by atoms with van der Waals surface area (Å²) in [4.78, 5) is 24.2. The van der Waals surface area contributed by atoms with Crippen LogP contribution in [0.5, 0.6) is 0 Å². The second-order valence-electron chi connectivity index (χ2n) is 6.37. The van der Waals surface area contributed by atoms with Gasteiger partial charge in [-0.2, -0.15) is 0 Å². The molecule has 29 heavy (non-hydrogen) atoms. The molecule has 1 amide bonds. The zero-order valence-electron chi connectivity index (χ0n) is 16.3. The number of carbonyl (C=O) groups excluding carboxylic acids is 2. The fourth-order valence-corrected chi connectivity index (χ4v) is 3.75. The topological polar surface area (TPSA) is 102 Å². The van der Waals surface area contributed by atoms with Crippen LogP contribution in [0.1, 0.15) is 28.4 Å². The smallest absolute Gasteiger partial charge is 0.338 e. The fraction of sp³-hybridized carbons (Fsp3) is 0.238. The Balaban J connectivity index is 2.14. The number of benzene rings is 2. The lowest BCUT2D eigenvalue weighted by molar-refractivity contribution is -0.128.